The minimum atomic E-state index is -0.972. The van der Waals surface area contributed by atoms with Gasteiger partial charge in [0.2, 0.25) is 5.91 Å². The van der Waals surface area contributed by atoms with Gasteiger partial charge in [-0.1, -0.05) is 31.5 Å². The number of carboxylic acid groups (broad SMARTS) is 1. The van der Waals surface area contributed by atoms with E-state index in [1.54, 1.807) is 0 Å². The minimum Gasteiger partial charge on any atom is -0.480 e. The van der Waals surface area contributed by atoms with Gasteiger partial charge in [-0.2, -0.15) is 0 Å². The van der Waals surface area contributed by atoms with E-state index in [1.165, 1.54) is 16.7 Å². The molecule has 0 atom stereocenters. The molecule has 0 fully saturated rings. The lowest BCUT2D eigenvalue weighted by Gasteiger charge is -2.22. The Hall–Kier alpha value is -1.49. The predicted molar refractivity (Wildman–Crippen MR) is 85.7 cm³/mol. The van der Waals surface area contributed by atoms with Gasteiger partial charge in [0, 0.05) is 11.4 Å². The van der Waals surface area contributed by atoms with Crippen LogP contribution in [-0.2, 0) is 9.59 Å². The number of aliphatic carboxylic acids is 1. The van der Waals surface area contributed by atoms with Crippen molar-refractivity contribution in [3.63, 3.8) is 0 Å². The quantitative estimate of drug-likeness (QED) is 0.787. The highest BCUT2D eigenvalue weighted by Crippen LogP contribution is 2.23. The molecular formula is C16H23NO3S. The molecule has 116 valence electrons. The van der Waals surface area contributed by atoms with Crippen molar-refractivity contribution in [3.05, 3.63) is 29.3 Å². The Kier molecular flexibility index (Phi) is 6.75. The van der Waals surface area contributed by atoms with Crippen molar-refractivity contribution in [3.8, 4) is 0 Å². The zero-order valence-electron chi connectivity index (χ0n) is 13.0. The van der Waals surface area contributed by atoms with Crippen LogP contribution in [0, 0.1) is 19.8 Å². The first kappa shape index (κ1) is 17.6. The van der Waals surface area contributed by atoms with E-state index < -0.39 is 5.97 Å². The van der Waals surface area contributed by atoms with Gasteiger partial charge in [-0.15, -0.1) is 11.8 Å². The van der Waals surface area contributed by atoms with E-state index in [9.17, 15) is 9.59 Å². The average molecular weight is 309 g/mol. The van der Waals surface area contributed by atoms with Crippen LogP contribution in [0.1, 0.15) is 25.0 Å². The molecule has 5 heteroatoms. The van der Waals surface area contributed by atoms with Crippen molar-refractivity contribution < 1.29 is 14.7 Å². The maximum Gasteiger partial charge on any atom is 0.323 e. The Morgan fingerprint density at radius 2 is 1.95 bits per heavy atom. The molecule has 0 aliphatic rings. The Morgan fingerprint density at radius 1 is 1.29 bits per heavy atom. The van der Waals surface area contributed by atoms with Gasteiger partial charge in [0.25, 0.3) is 0 Å². The average Bonchev–Trinajstić information content (AvgIpc) is 2.37. The van der Waals surface area contributed by atoms with Gasteiger partial charge in [0.15, 0.2) is 0 Å². The molecule has 0 aromatic heterocycles. The van der Waals surface area contributed by atoms with Crippen molar-refractivity contribution in [1.29, 1.82) is 0 Å². The number of nitrogens with zero attached hydrogens (tertiary/aromatic N) is 1. The molecule has 1 amide bonds. The molecule has 1 N–H and O–H groups in total. The molecule has 0 saturated carbocycles. The Labute approximate surface area is 130 Å². The van der Waals surface area contributed by atoms with Crippen LogP contribution in [0.5, 0.6) is 0 Å². The number of carbonyl (C=O) groups excluding carboxylic acids is 1. The summed E-state index contributed by atoms with van der Waals surface area (Å²) in [7, 11) is 0. The highest BCUT2D eigenvalue weighted by atomic mass is 32.2. The number of thioether (sulfide) groups is 1. The first-order valence-electron chi connectivity index (χ1n) is 6.99. The summed E-state index contributed by atoms with van der Waals surface area (Å²) in [6.45, 7) is 8.21. The third-order valence-corrected chi connectivity index (χ3v) is 4.10. The van der Waals surface area contributed by atoms with Crippen LogP contribution in [0.4, 0.5) is 0 Å². The summed E-state index contributed by atoms with van der Waals surface area (Å²) in [5, 5.41) is 8.91. The fourth-order valence-corrected chi connectivity index (χ4v) is 2.98. The Bertz CT molecular complexity index is 514. The van der Waals surface area contributed by atoms with Crippen LogP contribution in [0.2, 0.25) is 0 Å². The lowest BCUT2D eigenvalue weighted by atomic mass is 10.2. The molecule has 0 aliphatic carbocycles. The van der Waals surface area contributed by atoms with E-state index in [4.69, 9.17) is 5.11 Å². The standard InChI is InChI=1S/C16H23NO3S/c1-11(2)8-17(9-16(19)20)15(18)10-21-14-7-12(3)5-6-13(14)4/h5-7,11H,8-10H2,1-4H3,(H,19,20). The number of hydrogen-bond acceptors (Lipinski definition) is 3. The summed E-state index contributed by atoms with van der Waals surface area (Å²) >= 11 is 1.47. The number of rotatable bonds is 7. The topological polar surface area (TPSA) is 57.6 Å². The molecule has 0 radical (unpaired) electrons. The van der Waals surface area contributed by atoms with Crippen LogP contribution < -0.4 is 0 Å². The van der Waals surface area contributed by atoms with Crippen molar-refractivity contribution in [2.75, 3.05) is 18.8 Å². The van der Waals surface area contributed by atoms with Crippen LogP contribution in [0.15, 0.2) is 23.1 Å². The molecule has 1 aromatic carbocycles. The van der Waals surface area contributed by atoms with Crippen molar-refractivity contribution in [2.24, 2.45) is 5.92 Å². The number of carboxylic acids is 1. The smallest absolute Gasteiger partial charge is 0.323 e. The second kappa shape index (κ2) is 8.08. The van der Waals surface area contributed by atoms with Gasteiger partial charge < -0.3 is 10.0 Å². The summed E-state index contributed by atoms with van der Waals surface area (Å²) in [5.74, 6) is -0.582. The van der Waals surface area contributed by atoms with E-state index in [0.717, 1.165) is 16.0 Å². The van der Waals surface area contributed by atoms with E-state index in [0.29, 0.717) is 6.54 Å². The second-order valence-corrected chi connectivity index (χ2v) is 6.64. The van der Waals surface area contributed by atoms with Crippen LogP contribution in [-0.4, -0.2) is 40.7 Å². The number of carbonyl (C=O) groups is 2. The summed E-state index contributed by atoms with van der Waals surface area (Å²) in [4.78, 5) is 25.6. The molecule has 21 heavy (non-hydrogen) atoms. The van der Waals surface area contributed by atoms with E-state index >= 15 is 0 Å². The lowest BCUT2D eigenvalue weighted by Crippen LogP contribution is -2.39. The molecule has 0 saturated heterocycles. The molecular weight excluding hydrogens is 286 g/mol. The van der Waals surface area contributed by atoms with E-state index in [2.05, 4.69) is 6.07 Å². The lowest BCUT2D eigenvalue weighted by molar-refractivity contribution is -0.143. The Balaban J connectivity index is 2.68. The maximum absolute atomic E-state index is 12.2. The molecule has 0 bridgehead atoms. The van der Waals surface area contributed by atoms with Crippen molar-refractivity contribution in [2.45, 2.75) is 32.6 Å². The van der Waals surface area contributed by atoms with Gasteiger partial charge in [-0.05, 0) is 31.4 Å². The van der Waals surface area contributed by atoms with Crippen LogP contribution in [0.3, 0.4) is 0 Å². The second-order valence-electron chi connectivity index (χ2n) is 5.62. The Morgan fingerprint density at radius 3 is 2.52 bits per heavy atom. The van der Waals surface area contributed by atoms with Crippen LogP contribution >= 0.6 is 11.8 Å². The van der Waals surface area contributed by atoms with Gasteiger partial charge >= 0.3 is 5.97 Å². The molecule has 0 aliphatic heterocycles. The van der Waals surface area contributed by atoms with Gasteiger partial charge in [0.05, 0.1) is 5.75 Å². The highest BCUT2D eigenvalue weighted by Gasteiger charge is 2.18. The van der Waals surface area contributed by atoms with Crippen molar-refractivity contribution in [1.82, 2.24) is 4.90 Å². The number of hydrogen-bond donors (Lipinski definition) is 1. The maximum atomic E-state index is 12.2. The molecule has 0 heterocycles. The van der Waals surface area contributed by atoms with Crippen molar-refractivity contribution >= 4 is 23.6 Å². The monoisotopic (exact) mass is 309 g/mol. The fraction of sp³-hybridized carbons (Fsp3) is 0.500. The third kappa shape index (κ3) is 6.21. The zero-order valence-corrected chi connectivity index (χ0v) is 13.9. The first-order chi connectivity index (χ1) is 9.79. The summed E-state index contributed by atoms with van der Waals surface area (Å²) < 4.78 is 0. The SMILES string of the molecule is Cc1ccc(C)c(SCC(=O)N(CC(=O)O)CC(C)C)c1. The summed E-state index contributed by atoms with van der Waals surface area (Å²) in [6.07, 6.45) is 0. The van der Waals surface area contributed by atoms with Crippen LogP contribution in [0.25, 0.3) is 0 Å². The first-order valence-corrected chi connectivity index (χ1v) is 7.97. The molecule has 0 spiro atoms. The largest absolute Gasteiger partial charge is 0.480 e. The summed E-state index contributed by atoms with van der Waals surface area (Å²) in [6, 6.07) is 6.12. The molecule has 0 unspecified atom stereocenters. The fourth-order valence-electron chi connectivity index (χ4n) is 1.95. The van der Waals surface area contributed by atoms with E-state index in [1.807, 2.05) is 39.8 Å². The highest BCUT2D eigenvalue weighted by molar-refractivity contribution is 8.00. The summed E-state index contributed by atoms with van der Waals surface area (Å²) in [5.41, 5.74) is 2.28. The normalized spacial score (nSPS) is 10.7. The molecule has 1 rings (SSSR count). The minimum absolute atomic E-state index is 0.128. The molecule has 4 nitrogen and oxygen atoms in total. The molecule has 1 aromatic rings. The third-order valence-electron chi connectivity index (χ3n) is 2.96. The zero-order chi connectivity index (χ0) is 16.0. The van der Waals surface area contributed by atoms with E-state index in [-0.39, 0.29) is 24.1 Å². The van der Waals surface area contributed by atoms with Gasteiger partial charge in [-0.25, -0.2) is 0 Å². The number of aryl methyl sites for hydroxylation is 2. The number of amides is 1. The van der Waals surface area contributed by atoms with Gasteiger partial charge in [0.1, 0.15) is 6.54 Å². The number of benzene rings is 1. The van der Waals surface area contributed by atoms with Gasteiger partial charge in [-0.3, -0.25) is 9.59 Å². The predicted octanol–water partition coefficient (Wildman–Crippen LogP) is 2.96.